The van der Waals surface area contributed by atoms with Crippen molar-refractivity contribution < 1.29 is 22.8 Å². The molecule has 2 aliphatic rings. The predicted molar refractivity (Wildman–Crippen MR) is 112 cm³/mol. The molecule has 3 N–H and O–H groups in total. The minimum absolute atomic E-state index is 0.0184. The number of amides is 3. The quantitative estimate of drug-likeness (QED) is 0.713. The summed E-state index contributed by atoms with van der Waals surface area (Å²) in [5.74, 6) is -3.90. The molecule has 2 heterocycles. The van der Waals surface area contributed by atoms with Gasteiger partial charge in [0.1, 0.15) is 11.5 Å². The van der Waals surface area contributed by atoms with Gasteiger partial charge >= 0.3 is 6.03 Å². The Hall–Kier alpha value is -2.75. The molecular weight excluding hydrogens is 447 g/mol. The maximum Gasteiger partial charge on any atom is 0.317 e. The number of nitrogens with one attached hydrogen (secondary N) is 1. The molecule has 2 aromatic rings. The van der Waals surface area contributed by atoms with E-state index in [1.54, 1.807) is 4.68 Å². The number of primary amides is 1. The number of rotatable bonds is 4. The van der Waals surface area contributed by atoms with Crippen molar-refractivity contribution in [3.05, 3.63) is 40.3 Å². The van der Waals surface area contributed by atoms with Crippen LogP contribution < -0.4 is 11.1 Å². The van der Waals surface area contributed by atoms with Crippen LogP contribution in [-0.4, -0.2) is 45.6 Å². The van der Waals surface area contributed by atoms with Crippen LogP contribution in [0.15, 0.2) is 18.2 Å². The molecule has 0 atom stereocenters. The molecule has 1 aromatic carbocycles. The lowest BCUT2D eigenvalue weighted by Crippen LogP contribution is -2.46. The Morgan fingerprint density at radius 2 is 1.97 bits per heavy atom. The number of carbonyl (C=O) groups is 2. The highest BCUT2D eigenvalue weighted by molar-refractivity contribution is 6.31. The smallest absolute Gasteiger partial charge is 0.317 e. The molecule has 1 fully saturated rings. The second-order valence-corrected chi connectivity index (χ2v) is 8.70. The van der Waals surface area contributed by atoms with E-state index >= 15 is 0 Å². The second-order valence-electron chi connectivity index (χ2n) is 8.29. The molecule has 1 saturated carbocycles. The van der Waals surface area contributed by atoms with Crippen LogP contribution in [0.25, 0.3) is 11.3 Å². The first-order valence-corrected chi connectivity index (χ1v) is 10.8. The fraction of sp³-hybridized carbons (Fsp3) is 0.476. The third kappa shape index (κ3) is 4.55. The van der Waals surface area contributed by atoms with E-state index in [4.69, 9.17) is 17.3 Å². The van der Waals surface area contributed by atoms with Gasteiger partial charge in [0.25, 0.3) is 5.91 Å². The normalized spacial score (nSPS) is 18.3. The van der Waals surface area contributed by atoms with Crippen LogP contribution in [-0.2, 0) is 13.1 Å². The minimum atomic E-state index is -2.61. The molecule has 7 nitrogen and oxygen atoms in total. The topological polar surface area (TPSA) is 93.2 Å². The van der Waals surface area contributed by atoms with Crippen molar-refractivity contribution in [1.29, 1.82) is 0 Å². The Morgan fingerprint density at radius 1 is 1.25 bits per heavy atom. The van der Waals surface area contributed by atoms with Crippen molar-refractivity contribution in [1.82, 2.24) is 20.0 Å². The minimum Gasteiger partial charge on any atom is -0.365 e. The first-order valence-electron chi connectivity index (χ1n) is 10.4. The van der Waals surface area contributed by atoms with Crippen molar-refractivity contribution in [2.24, 2.45) is 11.7 Å². The van der Waals surface area contributed by atoms with Gasteiger partial charge in [-0.25, -0.2) is 18.0 Å². The maximum atomic E-state index is 13.5. The summed E-state index contributed by atoms with van der Waals surface area (Å²) in [6.45, 7) is 1.13. The predicted octanol–water partition coefficient (Wildman–Crippen LogP) is 3.79. The number of aromatic nitrogens is 2. The van der Waals surface area contributed by atoms with Crippen LogP contribution in [0.3, 0.4) is 0 Å². The molecular formula is C21H23ClF3N5O2. The molecule has 0 unspecified atom stereocenters. The van der Waals surface area contributed by atoms with E-state index in [1.807, 2.05) is 0 Å². The Kier molecular flexibility index (Phi) is 6.07. The lowest BCUT2D eigenvalue weighted by atomic mass is 9.87. The molecule has 172 valence electrons. The summed E-state index contributed by atoms with van der Waals surface area (Å²) >= 11 is 5.87. The molecule has 0 radical (unpaired) electrons. The lowest BCUT2D eigenvalue weighted by Gasteiger charge is -2.31. The molecule has 11 heteroatoms. The van der Waals surface area contributed by atoms with E-state index < -0.39 is 17.6 Å². The summed E-state index contributed by atoms with van der Waals surface area (Å²) < 4.78 is 41.8. The summed E-state index contributed by atoms with van der Waals surface area (Å²) in [6.07, 6.45) is 0.425. The molecule has 1 aromatic heterocycles. The van der Waals surface area contributed by atoms with Crippen LogP contribution in [0, 0.1) is 11.7 Å². The molecule has 0 saturated heterocycles. The van der Waals surface area contributed by atoms with Gasteiger partial charge in [-0.2, -0.15) is 5.10 Å². The van der Waals surface area contributed by atoms with E-state index in [0.29, 0.717) is 43.7 Å². The molecule has 1 aliphatic carbocycles. The molecule has 0 spiro atoms. The average Bonchev–Trinajstić information content (AvgIpc) is 3.13. The summed E-state index contributed by atoms with van der Waals surface area (Å²) in [5, 5.41) is 7.16. The van der Waals surface area contributed by atoms with Crippen molar-refractivity contribution in [2.45, 2.75) is 44.7 Å². The Balaban J connectivity index is 1.48. The van der Waals surface area contributed by atoms with Crippen molar-refractivity contribution in [3.63, 3.8) is 0 Å². The molecule has 3 amide bonds. The largest absolute Gasteiger partial charge is 0.365 e. The van der Waals surface area contributed by atoms with E-state index in [9.17, 15) is 22.8 Å². The highest BCUT2D eigenvalue weighted by Crippen LogP contribution is 2.36. The van der Waals surface area contributed by atoms with Gasteiger partial charge in [-0.1, -0.05) is 11.6 Å². The number of fused-ring (bicyclic) bond motifs is 1. The standard InChI is InChI=1S/C21H23ClF3N5O2/c22-14-9-13(1-2-15(14)23)18-17(19(26)31)16-11-29(7-8-30(16)28-18)20(32)27-10-12-3-5-21(24,25)6-4-12/h1-2,9,12H,3-8,10-11H2,(H2,26,31)(H,27,32). The van der Waals surface area contributed by atoms with Gasteiger partial charge in [0.05, 0.1) is 29.4 Å². The Morgan fingerprint density at radius 3 is 2.62 bits per heavy atom. The van der Waals surface area contributed by atoms with Gasteiger partial charge in [-0.3, -0.25) is 9.48 Å². The third-order valence-electron chi connectivity index (χ3n) is 6.09. The summed E-state index contributed by atoms with van der Waals surface area (Å²) in [4.78, 5) is 26.4. The molecule has 32 heavy (non-hydrogen) atoms. The van der Waals surface area contributed by atoms with Crippen molar-refractivity contribution in [2.75, 3.05) is 13.1 Å². The number of benzene rings is 1. The van der Waals surface area contributed by atoms with Crippen LogP contribution in [0.4, 0.5) is 18.0 Å². The number of hydrogen-bond donors (Lipinski definition) is 2. The number of halogens is 4. The van der Waals surface area contributed by atoms with Crippen LogP contribution in [0.5, 0.6) is 0 Å². The lowest BCUT2D eigenvalue weighted by molar-refractivity contribution is -0.0452. The van der Waals surface area contributed by atoms with Crippen LogP contribution >= 0.6 is 11.6 Å². The Labute approximate surface area is 187 Å². The monoisotopic (exact) mass is 469 g/mol. The first-order chi connectivity index (χ1) is 15.1. The number of urea groups is 1. The number of nitrogens with two attached hydrogens (primary N) is 1. The van der Waals surface area contributed by atoms with Crippen LogP contribution in [0.2, 0.25) is 5.02 Å². The zero-order valence-electron chi connectivity index (χ0n) is 17.2. The van der Waals surface area contributed by atoms with Crippen LogP contribution in [0.1, 0.15) is 41.7 Å². The van der Waals surface area contributed by atoms with E-state index in [0.717, 1.165) is 0 Å². The Bertz CT molecular complexity index is 1050. The number of carbonyl (C=O) groups excluding carboxylic acids is 2. The number of alkyl halides is 2. The van der Waals surface area contributed by atoms with Gasteiger partial charge in [0, 0.05) is 31.5 Å². The fourth-order valence-electron chi connectivity index (χ4n) is 4.24. The van der Waals surface area contributed by atoms with Gasteiger partial charge < -0.3 is 16.0 Å². The van der Waals surface area contributed by atoms with Gasteiger partial charge in [0.2, 0.25) is 5.92 Å². The second kappa shape index (κ2) is 8.65. The fourth-order valence-corrected chi connectivity index (χ4v) is 4.42. The first kappa shape index (κ1) is 22.4. The number of nitrogens with zero attached hydrogens (tertiary/aromatic N) is 3. The van der Waals surface area contributed by atoms with Gasteiger partial charge in [-0.15, -0.1) is 0 Å². The summed E-state index contributed by atoms with van der Waals surface area (Å²) in [7, 11) is 0. The van der Waals surface area contributed by atoms with E-state index in [2.05, 4.69) is 10.4 Å². The van der Waals surface area contributed by atoms with Gasteiger partial charge in [0.15, 0.2) is 0 Å². The highest BCUT2D eigenvalue weighted by atomic mass is 35.5. The maximum absolute atomic E-state index is 13.5. The zero-order chi connectivity index (χ0) is 23.0. The zero-order valence-corrected chi connectivity index (χ0v) is 18.0. The molecule has 1 aliphatic heterocycles. The van der Waals surface area contributed by atoms with Crippen molar-refractivity contribution in [3.8, 4) is 11.3 Å². The summed E-state index contributed by atoms with van der Waals surface area (Å²) in [5.41, 5.74) is 6.96. The summed E-state index contributed by atoms with van der Waals surface area (Å²) in [6, 6.07) is 3.68. The van der Waals surface area contributed by atoms with E-state index in [-0.39, 0.29) is 47.6 Å². The van der Waals surface area contributed by atoms with E-state index in [1.165, 1.54) is 23.1 Å². The van der Waals surface area contributed by atoms with Crippen molar-refractivity contribution >= 4 is 23.5 Å². The highest BCUT2D eigenvalue weighted by Gasteiger charge is 2.35. The molecule has 4 rings (SSSR count). The number of hydrogen-bond acceptors (Lipinski definition) is 3. The average molecular weight is 470 g/mol. The van der Waals surface area contributed by atoms with Gasteiger partial charge in [-0.05, 0) is 37.0 Å². The SMILES string of the molecule is NC(=O)c1c(-c2ccc(F)c(Cl)c2)nn2c1CN(C(=O)NCC1CCC(F)(F)CC1)CC2. The third-order valence-corrected chi connectivity index (χ3v) is 6.37. The molecule has 0 bridgehead atoms.